The summed E-state index contributed by atoms with van der Waals surface area (Å²) in [4.78, 5) is 14.6. The average Bonchev–Trinajstić information content (AvgIpc) is 2.59. The van der Waals surface area contributed by atoms with E-state index in [2.05, 4.69) is 13.8 Å². The molecule has 0 aliphatic rings. The number of carbonyl (C=O) groups excluding carboxylic acids is 1. The standard InChI is InChI=1S/C21H32ClNO/c1-3-5-7-11-17-23(18-12-8-6-4-2)21(24)16-15-19-13-9-10-14-20(19)22/h9-10,13-16H,3-8,11-12,17-18H2,1-2H3/b16-15+. The van der Waals surface area contributed by atoms with Gasteiger partial charge in [-0.3, -0.25) is 4.79 Å². The summed E-state index contributed by atoms with van der Waals surface area (Å²) in [5.74, 6) is 0.0999. The molecule has 0 unspecified atom stereocenters. The molecule has 0 aliphatic carbocycles. The third kappa shape index (κ3) is 8.54. The fourth-order valence-corrected chi connectivity index (χ4v) is 2.87. The lowest BCUT2D eigenvalue weighted by Gasteiger charge is -2.21. The van der Waals surface area contributed by atoms with Gasteiger partial charge in [0.25, 0.3) is 0 Å². The molecule has 0 aromatic heterocycles. The van der Waals surface area contributed by atoms with E-state index < -0.39 is 0 Å². The van der Waals surface area contributed by atoms with Crippen molar-refractivity contribution in [3.8, 4) is 0 Å². The molecule has 1 rings (SSSR count). The number of benzene rings is 1. The van der Waals surface area contributed by atoms with E-state index in [1.54, 1.807) is 6.08 Å². The first-order valence-corrected chi connectivity index (χ1v) is 9.78. The Balaban J connectivity index is 2.58. The molecule has 1 amide bonds. The van der Waals surface area contributed by atoms with Gasteiger partial charge in [0.1, 0.15) is 0 Å². The topological polar surface area (TPSA) is 20.3 Å². The fraction of sp³-hybridized carbons (Fsp3) is 0.571. The Bertz CT molecular complexity index is 486. The van der Waals surface area contributed by atoms with Crippen LogP contribution in [-0.4, -0.2) is 23.9 Å². The molecule has 0 spiro atoms. The highest BCUT2D eigenvalue weighted by molar-refractivity contribution is 6.32. The third-order valence-corrected chi connectivity index (χ3v) is 4.53. The second kappa shape index (κ2) is 13.1. The number of carbonyl (C=O) groups is 1. The zero-order valence-corrected chi connectivity index (χ0v) is 16.0. The number of halogens is 1. The Morgan fingerprint density at radius 1 is 0.958 bits per heavy atom. The van der Waals surface area contributed by atoms with Crippen LogP contribution in [0.25, 0.3) is 6.08 Å². The molecule has 0 aliphatic heterocycles. The average molecular weight is 350 g/mol. The summed E-state index contributed by atoms with van der Waals surface area (Å²) in [5, 5.41) is 0.680. The van der Waals surface area contributed by atoms with Crippen LogP contribution in [0.3, 0.4) is 0 Å². The van der Waals surface area contributed by atoms with Gasteiger partial charge in [0, 0.05) is 24.2 Å². The van der Waals surface area contributed by atoms with Crippen LogP contribution < -0.4 is 0 Å². The van der Waals surface area contributed by atoms with Crippen molar-refractivity contribution >= 4 is 23.6 Å². The van der Waals surface area contributed by atoms with Crippen LogP contribution >= 0.6 is 11.6 Å². The predicted octanol–water partition coefficient (Wildman–Crippen LogP) is 6.34. The lowest BCUT2D eigenvalue weighted by molar-refractivity contribution is -0.126. The molecule has 0 saturated carbocycles. The summed E-state index contributed by atoms with van der Waals surface area (Å²) in [7, 11) is 0. The molecule has 0 atom stereocenters. The van der Waals surface area contributed by atoms with Crippen molar-refractivity contribution in [2.45, 2.75) is 65.2 Å². The maximum atomic E-state index is 12.6. The summed E-state index contributed by atoms with van der Waals surface area (Å²) in [5.41, 5.74) is 0.893. The maximum absolute atomic E-state index is 12.6. The molecule has 0 bridgehead atoms. The van der Waals surface area contributed by atoms with E-state index in [1.807, 2.05) is 35.2 Å². The Kier molecular flexibility index (Phi) is 11.3. The number of hydrogen-bond donors (Lipinski definition) is 0. The van der Waals surface area contributed by atoms with Crippen molar-refractivity contribution < 1.29 is 4.79 Å². The molecule has 3 heteroatoms. The molecule has 134 valence electrons. The van der Waals surface area contributed by atoms with Crippen LogP contribution in [0.2, 0.25) is 5.02 Å². The molecule has 1 aromatic rings. The number of nitrogens with zero attached hydrogens (tertiary/aromatic N) is 1. The van der Waals surface area contributed by atoms with Crippen LogP contribution in [0.4, 0.5) is 0 Å². The van der Waals surface area contributed by atoms with Crippen LogP contribution in [0.15, 0.2) is 30.3 Å². The number of amides is 1. The maximum Gasteiger partial charge on any atom is 0.246 e. The van der Waals surface area contributed by atoms with Gasteiger partial charge in [-0.25, -0.2) is 0 Å². The lowest BCUT2D eigenvalue weighted by Crippen LogP contribution is -2.31. The molecule has 0 heterocycles. The second-order valence-electron chi connectivity index (χ2n) is 6.30. The van der Waals surface area contributed by atoms with E-state index in [1.165, 1.54) is 38.5 Å². The first kappa shape index (κ1) is 20.8. The van der Waals surface area contributed by atoms with E-state index in [0.717, 1.165) is 31.5 Å². The molecule has 2 nitrogen and oxygen atoms in total. The highest BCUT2D eigenvalue weighted by Crippen LogP contribution is 2.16. The molecule has 0 saturated heterocycles. The van der Waals surface area contributed by atoms with E-state index in [-0.39, 0.29) is 5.91 Å². The van der Waals surface area contributed by atoms with Crippen LogP contribution in [-0.2, 0) is 4.79 Å². The van der Waals surface area contributed by atoms with Crippen molar-refractivity contribution in [2.75, 3.05) is 13.1 Å². The molecule has 24 heavy (non-hydrogen) atoms. The van der Waals surface area contributed by atoms with Crippen molar-refractivity contribution in [3.05, 3.63) is 40.9 Å². The van der Waals surface area contributed by atoms with Crippen LogP contribution in [0.1, 0.15) is 70.8 Å². The smallest absolute Gasteiger partial charge is 0.246 e. The summed E-state index contributed by atoms with van der Waals surface area (Å²) in [6.07, 6.45) is 13.0. The summed E-state index contributed by atoms with van der Waals surface area (Å²) in [6.45, 7) is 6.13. The molecule has 0 N–H and O–H groups in total. The molecular formula is C21H32ClNO. The molecule has 0 fully saturated rings. The van der Waals surface area contributed by atoms with Gasteiger partial charge in [-0.2, -0.15) is 0 Å². The van der Waals surface area contributed by atoms with Crippen molar-refractivity contribution in [3.63, 3.8) is 0 Å². The Labute approximate surface area is 152 Å². The zero-order chi connectivity index (χ0) is 17.6. The summed E-state index contributed by atoms with van der Waals surface area (Å²) < 4.78 is 0. The normalized spacial score (nSPS) is 11.1. The van der Waals surface area contributed by atoms with E-state index in [4.69, 9.17) is 11.6 Å². The molecule has 0 radical (unpaired) electrons. The monoisotopic (exact) mass is 349 g/mol. The fourth-order valence-electron chi connectivity index (χ4n) is 2.67. The third-order valence-electron chi connectivity index (χ3n) is 4.19. The van der Waals surface area contributed by atoms with Gasteiger partial charge in [-0.1, -0.05) is 82.2 Å². The minimum Gasteiger partial charge on any atom is -0.339 e. The minimum atomic E-state index is 0.0999. The van der Waals surface area contributed by atoms with E-state index in [9.17, 15) is 4.79 Å². The number of hydrogen-bond acceptors (Lipinski definition) is 1. The van der Waals surface area contributed by atoms with Gasteiger partial charge in [-0.15, -0.1) is 0 Å². The largest absolute Gasteiger partial charge is 0.339 e. The van der Waals surface area contributed by atoms with Crippen LogP contribution in [0, 0.1) is 0 Å². The van der Waals surface area contributed by atoms with Crippen molar-refractivity contribution in [2.24, 2.45) is 0 Å². The first-order valence-electron chi connectivity index (χ1n) is 9.40. The molecular weight excluding hydrogens is 318 g/mol. The van der Waals surface area contributed by atoms with Crippen LogP contribution in [0.5, 0.6) is 0 Å². The molecule has 1 aromatic carbocycles. The van der Waals surface area contributed by atoms with Gasteiger partial charge in [0.2, 0.25) is 5.91 Å². The quantitative estimate of drug-likeness (QED) is 0.318. The van der Waals surface area contributed by atoms with Crippen molar-refractivity contribution in [1.82, 2.24) is 4.90 Å². The van der Waals surface area contributed by atoms with Gasteiger partial charge < -0.3 is 4.90 Å². The SMILES string of the molecule is CCCCCCN(CCCCCC)C(=O)/C=C/c1ccccc1Cl. The summed E-state index contributed by atoms with van der Waals surface area (Å²) in [6, 6.07) is 7.61. The minimum absolute atomic E-state index is 0.0999. The lowest BCUT2D eigenvalue weighted by atomic mass is 10.1. The van der Waals surface area contributed by atoms with E-state index >= 15 is 0 Å². The highest BCUT2D eigenvalue weighted by Gasteiger charge is 2.10. The number of unbranched alkanes of at least 4 members (excludes halogenated alkanes) is 6. The van der Waals surface area contributed by atoms with Crippen molar-refractivity contribution in [1.29, 1.82) is 0 Å². The highest BCUT2D eigenvalue weighted by atomic mass is 35.5. The predicted molar refractivity (Wildman–Crippen MR) is 105 cm³/mol. The van der Waals surface area contributed by atoms with Gasteiger partial charge in [-0.05, 0) is 30.5 Å². The second-order valence-corrected chi connectivity index (χ2v) is 6.71. The van der Waals surface area contributed by atoms with Gasteiger partial charge in [0.05, 0.1) is 0 Å². The Morgan fingerprint density at radius 3 is 2.08 bits per heavy atom. The van der Waals surface area contributed by atoms with Gasteiger partial charge >= 0.3 is 0 Å². The Hall–Kier alpha value is -1.28. The zero-order valence-electron chi connectivity index (χ0n) is 15.3. The van der Waals surface area contributed by atoms with E-state index in [0.29, 0.717) is 5.02 Å². The van der Waals surface area contributed by atoms with Gasteiger partial charge in [0.15, 0.2) is 0 Å². The Morgan fingerprint density at radius 2 is 1.54 bits per heavy atom. The summed E-state index contributed by atoms with van der Waals surface area (Å²) >= 11 is 6.15. The first-order chi connectivity index (χ1) is 11.7. The number of rotatable bonds is 12.